The molecule has 0 spiro atoms. The van der Waals surface area contributed by atoms with Crippen molar-refractivity contribution in [1.82, 2.24) is 4.90 Å². The summed E-state index contributed by atoms with van der Waals surface area (Å²) in [5.74, 6) is 2.17. The van der Waals surface area contributed by atoms with Crippen LogP contribution >= 0.6 is 11.8 Å². The normalized spacial score (nSPS) is 27.0. The average Bonchev–Trinajstić information content (AvgIpc) is 3.41. The standard InChI is InChI=1S/C26H31N3O2S/c1-19-10-6-7-13-22(19)29-25(30)23(32-26(29)27-20-11-4-2-5-12-20)18-21-14-15-24(31-21)28-16-8-3-9-17-28/h2,4-5,11-12,14-15,18-19,22H,3,6-10,13,16-17H2,1H3/b23-18-,27-26?/t19-,22-/m1/s1. The predicted molar refractivity (Wildman–Crippen MR) is 132 cm³/mol. The van der Waals surface area contributed by atoms with E-state index >= 15 is 0 Å². The molecule has 3 aliphatic rings. The Kier molecular flexibility index (Phi) is 6.39. The van der Waals surface area contributed by atoms with Gasteiger partial charge in [0.2, 0.25) is 0 Å². The Labute approximate surface area is 194 Å². The molecule has 0 N–H and O–H groups in total. The molecule has 1 saturated carbocycles. The fraction of sp³-hybridized carbons (Fsp3) is 0.462. The Morgan fingerprint density at radius 2 is 1.78 bits per heavy atom. The molecule has 1 aromatic heterocycles. The fourth-order valence-corrected chi connectivity index (χ4v) is 6.01. The first-order valence-corrected chi connectivity index (χ1v) is 12.7. The Hall–Kier alpha value is -2.47. The number of furan rings is 1. The van der Waals surface area contributed by atoms with Crippen LogP contribution < -0.4 is 4.90 Å². The van der Waals surface area contributed by atoms with Crippen molar-refractivity contribution >= 4 is 40.5 Å². The lowest BCUT2D eigenvalue weighted by Crippen LogP contribution is -2.44. The number of carbonyl (C=O) groups is 1. The third kappa shape index (κ3) is 4.51. The zero-order chi connectivity index (χ0) is 21.9. The summed E-state index contributed by atoms with van der Waals surface area (Å²) >= 11 is 1.47. The molecule has 2 aromatic rings. The van der Waals surface area contributed by atoms with Gasteiger partial charge in [0.1, 0.15) is 5.76 Å². The van der Waals surface area contributed by atoms with Gasteiger partial charge in [0.15, 0.2) is 11.1 Å². The van der Waals surface area contributed by atoms with Crippen molar-refractivity contribution in [1.29, 1.82) is 0 Å². The van der Waals surface area contributed by atoms with E-state index in [9.17, 15) is 4.79 Å². The lowest BCUT2D eigenvalue weighted by molar-refractivity contribution is -0.124. The largest absolute Gasteiger partial charge is 0.441 e. The monoisotopic (exact) mass is 449 g/mol. The second-order valence-corrected chi connectivity index (χ2v) is 10.1. The van der Waals surface area contributed by atoms with Gasteiger partial charge in [-0.25, -0.2) is 4.99 Å². The van der Waals surface area contributed by atoms with Gasteiger partial charge in [0, 0.05) is 31.3 Å². The van der Waals surface area contributed by atoms with E-state index in [0.717, 1.165) is 48.4 Å². The summed E-state index contributed by atoms with van der Waals surface area (Å²) in [5, 5.41) is 0.786. The van der Waals surface area contributed by atoms with Gasteiger partial charge < -0.3 is 9.32 Å². The van der Waals surface area contributed by atoms with Crippen LogP contribution in [0.25, 0.3) is 6.08 Å². The van der Waals surface area contributed by atoms with E-state index in [1.165, 1.54) is 43.9 Å². The van der Waals surface area contributed by atoms with E-state index in [1.54, 1.807) is 0 Å². The van der Waals surface area contributed by atoms with Gasteiger partial charge in [-0.15, -0.1) is 0 Å². The molecule has 3 heterocycles. The number of rotatable bonds is 4. The summed E-state index contributed by atoms with van der Waals surface area (Å²) in [6, 6.07) is 14.1. The molecule has 168 valence electrons. The maximum absolute atomic E-state index is 13.6. The van der Waals surface area contributed by atoms with Crippen molar-refractivity contribution in [2.24, 2.45) is 10.9 Å². The first-order valence-electron chi connectivity index (χ1n) is 11.9. The Morgan fingerprint density at radius 3 is 2.56 bits per heavy atom. The number of anilines is 1. The van der Waals surface area contributed by atoms with Crippen LogP contribution in [0.3, 0.4) is 0 Å². The number of amidine groups is 1. The molecule has 0 bridgehead atoms. The van der Waals surface area contributed by atoms with E-state index in [4.69, 9.17) is 9.41 Å². The molecule has 0 unspecified atom stereocenters. The van der Waals surface area contributed by atoms with Crippen molar-refractivity contribution in [2.75, 3.05) is 18.0 Å². The molecular weight excluding hydrogens is 418 g/mol. The highest BCUT2D eigenvalue weighted by Gasteiger charge is 2.41. The summed E-state index contributed by atoms with van der Waals surface area (Å²) < 4.78 is 6.11. The van der Waals surface area contributed by atoms with E-state index in [0.29, 0.717) is 10.8 Å². The number of hydrogen-bond donors (Lipinski definition) is 0. The van der Waals surface area contributed by atoms with Crippen molar-refractivity contribution < 1.29 is 9.21 Å². The number of thioether (sulfide) groups is 1. The maximum atomic E-state index is 13.6. The summed E-state index contributed by atoms with van der Waals surface area (Å²) in [5.41, 5.74) is 0.878. The van der Waals surface area contributed by atoms with Crippen molar-refractivity contribution in [3.05, 3.63) is 53.1 Å². The van der Waals surface area contributed by atoms with Crippen LogP contribution in [0.2, 0.25) is 0 Å². The number of piperidine rings is 1. The molecule has 5 rings (SSSR count). The fourth-order valence-electron chi connectivity index (χ4n) is 4.98. The van der Waals surface area contributed by atoms with E-state index in [1.807, 2.05) is 53.4 Å². The molecule has 2 saturated heterocycles. The average molecular weight is 450 g/mol. The summed E-state index contributed by atoms with van der Waals surface area (Å²) in [6.45, 7) is 4.35. The molecule has 1 aliphatic carbocycles. The molecule has 3 fully saturated rings. The van der Waals surface area contributed by atoms with Gasteiger partial charge in [0.25, 0.3) is 5.91 Å². The SMILES string of the molecule is C[C@@H]1CCCC[C@H]1N1C(=O)/C(=C/c2ccc(N3CCCCC3)o2)SC1=Nc1ccccc1. The first kappa shape index (κ1) is 21.4. The molecule has 1 aromatic carbocycles. The molecule has 2 atom stereocenters. The van der Waals surface area contributed by atoms with E-state index in [-0.39, 0.29) is 11.9 Å². The number of amides is 1. The molecule has 1 amide bonds. The minimum Gasteiger partial charge on any atom is -0.441 e. The second kappa shape index (κ2) is 9.57. The van der Waals surface area contributed by atoms with Gasteiger partial charge in [-0.05, 0) is 68.0 Å². The number of carbonyl (C=O) groups excluding carboxylic acids is 1. The van der Waals surface area contributed by atoms with Crippen LogP contribution in [0.1, 0.15) is 57.6 Å². The minimum atomic E-state index is 0.0550. The highest BCUT2D eigenvalue weighted by molar-refractivity contribution is 8.18. The van der Waals surface area contributed by atoms with Crippen molar-refractivity contribution in [3.8, 4) is 0 Å². The Balaban J connectivity index is 1.44. The number of benzene rings is 1. The zero-order valence-corrected chi connectivity index (χ0v) is 19.5. The van der Waals surface area contributed by atoms with Crippen LogP contribution in [0.5, 0.6) is 0 Å². The van der Waals surface area contributed by atoms with Crippen LogP contribution in [0.15, 0.2) is 56.8 Å². The lowest BCUT2D eigenvalue weighted by atomic mass is 9.85. The molecular formula is C26H31N3O2S. The lowest BCUT2D eigenvalue weighted by Gasteiger charge is -2.35. The Morgan fingerprint density at radius 1 is 1.00 bits per heavy atom. The second-order valence-electron chi connectivity index (χ2n) is 9.07. The zero-order valence-electron chi connectivity index (χ0n) is 18.7. The topological polar surface area (TPSA) is 49.1 Å². The molecule has 32 heavy (non-hydrogen) atoms. The Bertz CT molecular complexity index is 1010. The van der Waals surface area contributed by atoms with Gasteiger partial charge >= 0.3 is 0 Å². The summed E-state index contributed by atoms with van der Waals surface area (Å²) in [6.07, 6.45) is 10.2. The van der Waals surface area contributed by atoms with E-state index < -0.39 is 0 Å². The maximum Gasteiger partial charge on any atom is 0.267 e. The highest BCUT2D eigenvalue weighted by atomic mass is 32.2. The van der Waals surface area contributed by atoms with E-state index in [2.05, 4.69) is 11.8 Å². The van der Waals surface area contributed by atoms with Gasteiger partial charge in [-0.2, -0.15) is 0 Å². The number of nitrogens with zero attached hydrogens (tertiary/aromatic N) is 3. The summed E-state index contributed by atoms with van der Waals surface area (Å²) in [4.78, 5) is 23.4. The van der Waals surface area contributed by atoms with Crippen molar-refractivity contribution in [3.63, 3.8) is 0 Å². The number of aliphatic imine (C=N–C) groups is 1. The van der Waals surface area contributed by atoms with Gasteiger partial charge in [-0.3, -0.25) is 9.69 Å². The highest BCUT2D eigenvalue weighted by Crippen LogP contribution is 2.40. The third-order valence-electron chi connectivity index (χ3n) is 6.77. The quantitative estimate of drug-likeness (QED) is 0.503. The van der Waals surface area contributed by atoms with Crippen molar-refractivity contribution in [2.45, 2.75) is 57.9 Å². The third-order valence-corrected chi connectivity index (χ3v) is 7.75. The predicted octanol–water partition coefficient (Wildman–Crippen LogP) is 6.45. The molecule has 2 aliphatic heterocycles. The smallest absolute Gasteiger partial charge is 0.267 e. The summed E-state index contributed by atoms with van der Waals surface area (Å²) in [7, 11) is 0. The van der Waals surface area contributed by atoms with Crippen LogP contribution in [-0.2, 0) is 4.79 Å². The number of para-hydroxylation sites is 1. The van der Waals surface area contributed by atoms with Crippen LogP contribution in [-0.4, -0.2) is 35.1 Å². The van der Waals surface area contributed by atoms with Gasteiger partial charge in [-0.1, -0.05) is 38.0 Å². The molecule has 5 nitrogen and oxygen atoms in total. The van der Waals surface area contributed by atoms with Crippen LogP contribution in [0.4, 0.5) is 11.6 Å². The number of hydrogen-bond acceptors (Lipinski definition) is 5. The minimum absolute atomic E-state index is 0.0550. The molecule has 0 radical (unpaired) electrons. The first-order chi connectivity index (χ1) is 15.7. The van der Waals surface area contributed by atoms with Crippen LogP contribution in [0, 0.1) is 5.92 Å². The van der Waals surface area contributed by atoms with Gasteiger partial charge in [0.05, 0.1) is 10.6 Å². The molecule has 6 heteroatoms.